The van der Waals surface area contributed by atoms with Crippen molar-refractivity contribution < 1.29 is 67.9 Å². The number of hydrogen-bond acceptors (Lipinski definition) is 16. The number of carbonyl (C=O) groups is 9. The number of aliphatic hydroxyl groups is 2. The van der Waals surface area contributed by atoms with E-state index in [1.165, 1.54) is 53.9 Å². The molecule has 8 atom stereocenters. The number of carbonyl (C=O) groups excluding carboxylic acids is 9. The number of anilines is 2. The number of phenols is 1. The Labute approximate surface area is 505 Å². The topological polar surface area (TPSA) is 338 Å². The van der Waals surface area contributed by atoms with Crippen molar-refractivity contribution in [3.8, 4) is 29.4 Å². The van der Waals surface area contributed by atoms with Crippen molar-refractivity contribution in [2.24, 2.45) is 11.7 Å². The second-order valence-electron chi connectivity index (χ2n) is 21.9. The molecule has 87 heavy (non-hydrogen) atoms. The molecule has 0 aromatic heterocycles. The van der Waals surface area contributed by atoms with Gasteiger partial charge in [-0.1, -0.05) is 92.5 Å². The zero-order valence-electron chi connectivity index (χ0n) is 47.9. The summed E-state index contributed by atoms with van der Waals surface area (Å²) in [4.78, 5) is 122. The number of allylic oxidation sites excluding steroid dienone is 9. The Morgan fingerprint density at radius 2 is 1.57 bits per heavy atom. The molecule has 2 saturated heterocycles. The molecule has 6 aliphatic rings. The van der Waals surface area contributed by atoms with Crippen molar-refractivity contribution in [3.05, 3.63) is 147 Å². The third-order valence-electron chi connectivity index (χ3n) is 15.7. The van der Waals surface area contributed by atoms with Gasteiger partial charge in [-0.15, -0.1) is 11.8 Å². The number of thioether (sulfide) groups is 1. The maximum absolute atomic E-state index is 14.4. The predicted molar refractivity (Wildman–Crippen MR) is 321 cm³/mol. The van der Waals surface area contributed by atoms with Crippen molar-refractivity contribution in [1.29, 1.82) is 0 Å². The standard InChI is InChI=1S/C64H66N8O14S/c1-36(2)54(71-50(76)22-14-9-15-30-72-51(77)33-47(60(72)82)87-41-17-10-5-4-6-11-18-41)59(81)69-45(19-16-29-66-61(65)83)58(80)68-40-26-23-38(24-27-40)35-85-62(84)67-34-39-25-28-42-43(31-39)57(79)52-46(74)32-44-55(53(52)56(42)78)70-48-20-12-7-8-13-21-49(75)64(44)63(48,86-64)37(3)73/h4-8,10-11,17-18,23-28,31-32,36-37,45,47-49,54,70,73-75H,9,14-16,19,22,29-30,33-35H2,1-3H3,(H,67,84)(H,68,80)(H,69,81)(H,71,76)(H3,65,66,83)/b5-4-,6-4?,8-7-,10-5?,11-6-,17-10-,18-11?,41-17?,41-18+/t37-,45+,47?,48+,49-,54+,63+,64+/m1/s1. The number of primary amides is 1. The summed E-state index contributed by atoms with van der Waals surface area (Å²) >= 11 is 1.35. The Balaban J connectivity index is 0.749. The van der Waals surface area contributed by atoms with Crippen LogP contribution in [0.3, 0.4) is 0 Å². The SMILES string of the molecule is CC(C)[C@H](NC(=O)CCCCCN1C(=O)CC(SC2=C/C=C\C=C/C=C\2)C1=O)C(=O)N[C@@H](CCCNC(N)=O)C(=O)Nc1ccc(COC(=O)NCc2ccc3c(c2)C(=O)c2c(O)cc4c(c2C3=O)N[C@H]2C#C/C=C\C#C[C@@H](O)[C@@]43O[C@@]23[C@@H](C)O)cc1. The van der Waals surface area contributed by atoms with Crippen LogP contribution in [0.2, 0.25) is 0 Å². The molecule has 3 aromatic rings. The van der Waals surface area contributed by atoms with Gasteiger partial charge in [-0.2, -0.15) is 0 Å². The number of fused-ring (bicyclic) bond motifs is 4. The van der Waals surface area contributed by atoms with Gasteiger partial charge in [-0.3, -0.25) is 38.5 Å². The van der Waals surface area contributed by atoms with Gasteiger partial charge in [0.1, 0.15) is 30.5 Å². The van der Waals surface area contributed by atoms with Crippen LogP contribution >= 0.6 is 11.8 Å². The monoisotopic (exact) mass is 1200 g/mol. The van der Waals surface area contributed by atoms with E-state index in [9.17, 15) is 58.5 Å². The highest BCUT2D eigenvalue weighted by Crippen LogP contribution is 2.67. The molecule has 22 nitrogen and oxygen atoms in total. The lowest BCUT2D eigenvalue weighted by atomic mass is 9.69. The number of aromatic hydroxyl groups is 1. The van der Waals surface area contributed by atoms with Gasteiger partial charge in [0.25, 0.3) is 0 Å². The summed E-state index contributed by atoms with van der Waals surface area (Å²) in [5, 5.41) is 50.0. The average Bonchev–Trinajstić information content (AvgIpc) is 1.49. The summed E-state index contributed by atoms with van der Waals surface area (Å²) < 4.78 is 11.7. The molecule has 3 aliphatic heterocycles. The minimum atomic E-state index is -1.72. The van der Waals surface area contributed by atoms with Gasteiger partial charge >= 0.3 is 12.1 Å². The number of unbranched alkanes of at least 4 members (excludes halogenated alkanes) is 2. The molecule has 1 unspecified atom stereocenters. The maximum Gasteiger partial charge on any atom is 0.407 e. The van der Waals surface area contributed by atoms with E-state index in [4.69, 9.17) is 15.2 Å². The van der Waals surface area contributed by atoms with Gasteiger partial charge in [0.15, 0.2) is 28.9 Å². The number of ketones is 2. The number of ether oxygens (including phenoxy) is 2. The Bertz CT molecular complexity index is 3610. The lowest BCUT2D eigenvalue weighted by Gasteiger charge is -2.37. The molecular formula is C64H66N8O14S. The summed E-state index contributed by atoms with van der Waals surface area (Å²) in [5.41, 5.74) is 3.07. The van der Waals surface area contributed by atoms with E-state index in [0.29, 0.717) is 36.1 Å². The van der Waals surface area contributed by atoms with Crippen molar-refractivity contribution in [2.45, 2.75) is 126 Å². The molecule has 0 radical (unpaired) electrons. The number of likely N-dealkylation sites (tertiary alicyclic amines) is 1. The van der Waals surface area contributed by atoms with Crippen LogP contribution in [0.5, 0.6) is 5.75 Å². The van der Waals surface area contributed by atoms with Crippen molar-refractivity contribution in [1.82, 2.24) is 26.2 Å². The van der Waals surface area contributed by atoms with Crippen LogP contribution in [0.15, 0.2) is 108 Å². The number of imide groups is 1. The number of aliphatic hydroxyl groups excluding tert-OH is 2. The zero-order valence-corrected chi connectivity index (χ0v) is 48.7. The minimum absolute atomic E-state index is 0.0176. The van der Waals surface area contributed by atoms with E-state index in [0.717, 1.165) is 4.91 Å². The molecule has 0 saturated carbocycles. The number of amides is 8. The Hall–Kier alpha value is -9.26. The van der Waals surface area contributed by atoms with Crippen LogP contribution in [0, 0.1) is 29.6 Å². The fourth-order valence-electron chi connectivity index (χ4n) is 11.2. The number of hydrogen-bond donors (Lipinski definition) is 10. The highest BCUT2D eigenvalue weighted by atomic mass is 32.2. The predicted octanol–water partition coefficient (Wildman–Crippen LogP) is 4.67. The van der Waals surface area contributed by atoms with Crippen LogP contribution in [-0.4, -0.2) is 128 Å². The number of phenolic OH excluding ortho intramolecular Hbond substituents is 1. The Kier molecular flexibility index (Phi) is 19.3. The molecule has 0 spiro atoms. The number of nitrogens with zero attached hydrogens (tertiary/aromatic N) is 1. The molecule has 452 valence electrons. The molecule has 23 heteroatoms. The molecule has 9 rings (SSSR count). The fourth-order valence-corrected chi connectivity index (χ4v) is 12.3. The lowest BCUT2D eigenvalue weighted by Crippen LogP contribution is -2.54. The minimum Gasteiger partial charge on any atom is -0.507 e. The van der Waals surface area contributed by atoms with Crippen LogP contribution < -0.4 is 37.6 Å². The van der Waals surface area contributed by atoms with Crippen LogP contribution in [0.25, 0.3) is 0 Å². The molecule has 3 heterocycles. The zero-order chi connectivity index (χ0) is 62.2. The quantitative estimate of drug-likeness (QED) is 0.0159. The number of nitrogens with one attached hydrogen (secondary N) is 6. The second kappa shape index (κ2) is 27.0. The van der Waals surface area contributed by atoms with E-state index < -0.39 is 88.0 Å². The van der Waals surface area contributed by atoms with Crippen LogP contribution in [0.4, 0.5) is 21.0 Å². The Morgan fingerprint density at radius 3 is 2.32 bits per heavy atom. The molecule has 2 bridgehead atoms. The van der Waals surface area contributed by atoms with Gasteiger partial charge in [0.2, 0.25) is 29.5 Å². The highest BCUT2D eigenvalue weighted by Gasteiger charge is 2.82. The summed E-state index contributed by atoms with van der Waals surface area (Å²) in [7, 11) is 0. The smallest absolute Gasteiger partial charge is 0.407 e. The molecule has 3 aliphatic carbocycles. The molecule has 3 aromatic carbocycles. The first-order valence-electron chi connectivity index (χ1n) is 28.5. The van der Waals surface area contributed by atoms with Gasteiger partial charge in [0, 0.05) is 59.8 Å². The number of rotatable bonds is 23. The molecule has 8 amide bonds. The van der Waals surface area contributed by atoms with Gasteiger partial charge in [-0.25, -0.2) is 9.59 Å². The third-order valence-corrected chi connectivity index (χ3v) is 16.8. The number of benzene rings is 3. The van der Waals surface area contributed by atoms with E-state index in [1.807, 2.05) is 42.5 Å². The molecule has 2 fully saturated rings. The number of urea groups is 1. The first-order chi connectivity index (χ1) is 41.7. The van der Waals surface area contributed by atoms with Gasteiger partial charge in [-0.05, 0) is 104 Å². The van der Waals surface area contributed by atoms with E-state index in [-0.39, 0.29) is 109 Å². The van der Waals surface area contributed by atoms with Gasteiger partial charge in [0.05, 0.1) is 28.2 Å². The first-order valence-corrected chi connectivity index (χ1v) is 29.4. The summed E-state index contributed by atoms with van der Waals surface area (Å²) in [6.45, 7) is 5.02. The van der Waals surface area contributed by atoms with Crippen molar-refractivity contribution in [3.63, 3.8) is 0 Å². The summed E-state index contributed by atoms with van der Waals surface area (Å²) in [6.07, 6.45) is 14.6. The maximum atomic E-state index is 14.4. The summed E-state index contributed by atoms with van der Waals surface area (Å²) in [5.74, 6) is 6.95. The van der Waals surface area contributed by atoms with Gasteiger partial charge < -0.3 is 62.4 Å². The number of epoxide rings is 1. The largest absolute Gasteiger partial charge is 0.507 e. The van der Waals surface area contributed by atoms with E-state index in [2.05, 4.69) is 55.6 Å². The first kappa shape index (κ1) is 62.3. The normalized spacial score (nSPS) is 24.0. The summed E-state index contributed by atoms with van der Waals surface area (Å²) in [6, 6.07) is 8.14. The average molecular weight is 1200 g/mol. The number of nitrogens with two attached hydrogens (primary N) is 1. The second-order valence-corrected chi connectivity index (χ2v) is 23.2. The highest BCUT2D eigenvalue weighted by molar-refractivity contribution is 8.04. The van der Waals surface area contributed by atoms with Crippen LogP contribution in [-0.2, 0) is 52.2 Å². The van der Waals surface area contributed by atoms with Crippen molar-refractivity contribution in [2.75, 3.05) is 23.7 Å². The Morgan fingerprint density at radius 1 is 0.851 bits per heavy atom. The van der Waals surface area contributed by atoms with E-state index >= 15 is 0 Å². The number of alkyl carbamates (subject to hydrolysis) is 1. The molecular weight excluding hydrogens is 1140 g/mol. The molecule has 11 N–H and O–H groups in total. The van der Waals surface area contributed by atoms with E-state index in [1.54, 1.807) is 44.2 Å². The van der Waals surface area contributed by atoms with Crippen LogP contribution in [0.1, 0.15) is 114 Å². The lowest BCUT2D eigenvalue weighted by molar-refractivity contribution is -0.138. The van der Waals surface area contributed by atoms with Crippen molar-refractivity contribution >= 4 is 76.4 Å². The third kappa shape index (κ3) is 13.4. The fraction of sp³-hybridized carbons (Fsp3) is 0.359.